The predicted molar refractivity (Wildman–Crippen MR) is 89.0 cm³/mol. The molecule has 0 aromatic heterocycles. The number of hydrogen-bond acceptors (Lipinski definition) is 5. The van der Waals surface area contributed by atoms with Gasteiger partial charge in [0.2, 0.25) is 10.0 Å². The molecule has 0 aliphatic heterocycles. The standard InChI is InChI=1S/C14H23N3O2S2/c1-17(12-6-7-12)9-8-16-21(18,19)11-10-20-14-5-3-2-4-13(14)15/h2-5,12,16H,6-11,15H2,1H3. The third-order valence-corrected chi connectivity index (χ3v) is 6.22. The molecule has 0 radical (unpaired) electrons. The van der Waals surface area contributed by atoms with Crippen molar-refractivity contribution in [2.75, 3.05) is 37.4 Å². The van der Waals surface area contributed by atoms with Gasteiger partial charge in [-0.05, 0) is 32.0 Å². The number of nitrogens with zero attached hydrogens (tertiary/aromatic N) is 1. The van der Waals surface area contributed by atoms with Gasteiger partial charge in [0.15, 0.2) is 0 Å². The van der Waals surface area contributed by atoms with E-state index in [9.17, 15) is 8.42 Å². The zero-order chi connectivity index (χ0) is 15.3. The lowest BCUT2D eigenvalue weighted by molar-refractivity contribution is 0.329. The lowest BCUT2D eigenvalue weighted by atomic mass is 10.3. The van der Waals surface area contributed by atoms with Crippen molar-refractivity contribution in [2.45, 2.75) is 23.8 Å². The first-order valence-corrected chi connectivity index (χ1v) is 9.76. The van der Waals surface area contributed by atoms with Crippen molar-refractivity contribution in [1.82, 2.24) is 9.62 Å². The summed E-state index contributed by atoms with van der Waals surface area (Å²) in [5.41, 5.74) is 6.52. The van der Waals surface area contributed by atoms with Crippen molar-refractivity contribution in [1.29, 1.82) is 0 Å². The number of sulfonamides is 1. The van der Waals surface area contributed by atoms with Crippen molar-refractivity contribution < 1.29 is 8.42 Å². The van der Waals surface area contributed by atoms with Crippen LogP contribution in [0.25, 0.3) is 0 Å². The van der Waals surface area contributed by atoms with Crippen LogP contribution in [0.3, 0.4) is 0 Å². The van der Waals surface area contributed by atoms with Crippen LogP contribution in [-0.2, 0) is 10.0 Å². The molecule has 21 heavy (non-hydrogen) atoms. The Kier molecular flexibility index (Phi) is 5.92. The first kappa shape index (κ1) is 16.6. The molecule has 0 spiro atoms. The molecule has 7 heteroatoms. The summed E-state index contributed by atoms with van der Waals surface area (Å²) in [6.45, 7) is 1.25. The third kappa shape index (κ3) is 5.86. The molecule has 1 aromatic rings. The highest BCUT2D eigenvalue weighted by Gasteiger charge is 2.25. The molecule has 1 fully saturated rings. The smallest absolute Gasteiger partial charge is 0.212 e. The molecule has 5 nitrogen and oxygen atoms in total. The molecule has 0 saturated heterocycles. The molecule has 1 aliphatic rings. The number of nitrogen functional groups attached to an aromatic ring is 1. The second-order valence-corrected chi connectivity index (χ2v) is 8.37. The normalized spacial score (nSPS) is 15.5. The van der Waals surface area contributed by atoms with E-state index in [1.54, 1.807) is 0 Å². The Morgan fingerprint density at radius 3 is 2.76 bits per heavy atom. The number of nitrogens with two attached hydrogens (primary N) is 1. The van der Waals surface area contributed by atoms with Crippen LogP contribution < -0.4 is 10.5 Å². The summed E-state index contributed by atoms with van der Waals surface area (Å²) in [4.78, 5) is 3.14. The zero-order valence-electron chi connectivity index (χ0n) is 12.3. The number of thioether (sulfide) groups is 1. The largest absolute Gasteiger partial charge is 0.398 e. The van der Waals surface area contributed by atoms with Gasteiger partial charge in [-0.1, -0.05) is 12.1 Å². The predicted octanol–water partition coefficient (Wildman–Crippen LogP) is 1.37. The highest BCUT2D eigenvalue weighted by atomic mass is 32.2. The third-order valence-electron chi connectivity index (χ3n) is 3.49. The lowest BCUT2D eigenvalue weighted by Crippen LogP contribution is -2.35. The van der Waals surface area contributed by atoms with E-state index >= 15 is 0 Å². The summed E-state index contributed by atoms with van der Waals surface area (Å²) in [6.07, 6.45) is 2.47. The van der Waals surface area contributed by atoms with E-state index < -0.39 is 10.0 Å². The van der Waals surface area contributed by atoms with Gasteiger partial charge in [0.25, 0.3) is 0 Å². The number of likely N-dealkylation sites (N-methyl/N-ethyl adjacent to an activating group) is 1. The first-order valence-electron chi connectivity index (χ1n) is 7.13. The highest BCUT2D eigenvalue weighted by Crippen LogP contribution is 2.25. The Morgan fingerprint density at radius 1 is 1.38 bits per heavy atom. The molecule has 118 valence electrons. The Labute approximate surface area is 131 Å². The summed E-state index contributed by atoms with van der Waals surface area (Å²) in [5.74, 6) is 0.612. The van der Waals surface area contributed by atoms with Crippen LogP contribution in [0.4, 0.5) is 5.69 Å². The van der Waals surface area contributed by atoms with E-state index in [4.69, 9.17) is 5.73 Å². The van der Waals surface area contributed by atoms with Gasteiger partial charge >= 0.3 is 0 Å². The summed E-state index contributed by atoms with van der Waals surface area (Å²) < 4.78 is 26.5. The molecule has 0 amide bonds. The van der Waals surface area contributed by atoms with Crippen LogP contribution in [-0.4, -0.2) is 51.0 Å². The highest BCUT2D eigenvalue weighted by molar-refractivity contribution is 8.00. The maximum atomic E-state index is 11.9. The Bertz CT molecular complexity index is 559. The maximum absolute atomic E-state index is 11.9. The monoisotopic (exact) mass is 329 g/mol. The molecule has 1 saturated carbocycles. The average molecular weight is 329 g/mol. The first-order chi connectivity index (χ1) is 9.98. The van der Waals surface area contributed by atoms with E-state index in [0.29, 0.717) is 24.0 Å². The SMILES string of the molecule is CN(CCNS(=O)(=O)CCSc1ccccc1N)C1CC1. The van der Waals surface area contributed by atoms with Crippen LogP contribution in [0.1, 0.15) is 12.8 Å². The van der Waals surface area contributed by atoms with Gasteiger partial charge in [0.1, 0.15) is 0 Å². The second-order valence-electron chi connectivity index (χ2n) is 5.31. The number of anilines is 1. The molecule has 2 rings (SSSR count). The van der Waals surface area contributed by atoms with Crippen LogP contribution in [0, 0.1) is 0 Å². The van der Waals surface area contributed by atoms with E-state index in [0.717, 1.165) is 11.4 Å². The van der Waals surface area contributed by atoms with Crippen molar-refractivity contribution in [3.8, 4) is 0 Å². The van der Waals surface area contributed by atoms with Gasteiger partial charge in [-0.15, -0.1) is 11.8 Å². The quantitative estimate of drug-likeness (QED) is 0.529. The molecule has 0 bridgehead atoms. The van der Waals surface area contributed by atoms with E-state index in [1.165, 1.54) is 24.6 Å². The lowest BCUT2D eigenvalue weighted by Gasteiger charge is -2.15. The Balaban J connectivity index is 1.67. The minimum Gasteiger partial charge on any atom is -0.398 e. The molecular formula is C14H23N3O2S2. The molecule has 0 heterocycles. The molecule has 0 unspecified atom stereocenters. The molecule has 1 aromatic carbocycles. The number of nitrogens with one attached hydrogen (secondary N) is 1. The molecule has 1 aliphatic carbocycles. The summed E-state index contributed by atoms with van der Waals surface area (Å²) >= 11 is 1.47. The maximum Gasteiger partial charge on any atom is 0.212 e. The van der Waals surface area contributed by atoms with Gasteiger partial charge in [-0.2, -0.15) is 0 Å². The van der Waals surface area contributed by atoms with Gasteiger partial charge in [0, 0.05) is 35.5 Å². The number of hydrogen-bond donors (Lipinski definition) is 2. The topological polar surface area (TPSA) is 75.4 Å². The van der Waals surface area contributed by atoms with Gasteiger partial charge in [-0.3, -0.25) is 0 Å². The van der Waals surface area contributed by atoms with Crippen LogP contribution in [0.15, 0.2) is 29.2 Å². The number of benzene rings is 1. The van der Waals surface area contributed by atoms with E-state index in [1.807, 2.05) is 31.3 Å². The van der Waals surface area contributed by atoms with Gasteiger partial charge in [-0.25, -0.2) is 13.1 Å². The molecule has 0 atom stereocenters. The van der Waals surface area contributed by atoms with E-state index in [-0.39, 0.29) is 5.75 Å². The summed E-state index contributed by atoms with van der Waals surface area (Å²) in [6, 6.07) is 8.16. The minimum absolute atomic E-state index is 0.110. The van der Waals surface area contributed by atoms with Crippen molar-refractivity contribution >= 4 is 27.5 Å². The van der Waals surface area contributed by atoms with Crippen molar-refractivity contribution in [3.63, 3.8) is 0 Å². The van der Waals surface area contributed by atoms with Crippen LogP contribution in [0.5, 0.6) is 0 Å². The fourth-order valence-electron chi connectivity index (χ4n) is 2.02. The van der Waals surface area contributed by atoms with E-state index in [2.05, 4.69) is 9.62 Å². The van der Waals surface area contributed by atoms with Crippen LogP contribution >= 0.6 is 11.8 Å². The van der Waals surface area contributed by atoms with Crippen LogP contribution in [0.2, 0.25) is 0 Å². The zero-order valence-corrected chi connectivity index (χ0v) is 13.9. The molecular weight excluding hydrogens is 306 g/mol. The fraction of sp³-hybridized carbons (Fsp3) is 0.571. The van der Waals surface area contributed by atoms with Gasteiger partial charge in [0.05, 0.1) is 5.75 Å². The van der Waals surface area contributed by atoms with Crippen molar-refractivity contribution in [2.24, 2.45) is 0 Å². The summed E-state index contributed by atoms with van der Waals surface area (Å²) in [7, 11) is -1.16. The molecule has 3 N–H and O–H groups in total. The Hall–Kier alpha value is -0.760. The number of rotatable bonds is 9. The average Bonchev–Trinajstić information content (AvgIpc) is 3.25. The van der Waals surface area contributed by atoms with Crippen molar-refractivity contribution in [3.05, 3.63) is 24.3 Å². The Morgan fingerprint density at radius 2 is 2.10 bits per heavy atom. The fourth-order valence-corrected chi connectivity index (χ4v) is 4.41. The van der Waals surface area contributed by atoms with Gasteiger partial charge < -0.3 is 10.6 Å². The minimum atomic E-state index is -3.20. The second kappa shape index (κ2) is 7.49. The summed E-state index contributed by atoms with van der Waals surface area (Å²) in [5, 5.41) is 0. The number of para-hydroxylation sites is 1.